The third kappa shape index (κ3) is 2.96. The lowest BCUT2D eigenvalue weighted by Gasteiger charge is -2.28. The van der Waals surface area contributed by atoms with Crippen molar-refractivity contribution in [3.05, 3.63) is 0 Å². The molecule has 0 aromatic rings. The van der Waals surface area contributed by atoms with Gasteiger partial charge in [0, 0.05) is 6.04 Å². The van der Waals surface area contributed by atoms with Crippen LogP contribution in [0.5, 0.6) is 0 Å². The van der Waals surface area contributed by atoms with Gasteiger partial charge in [0.25, 0.3) is 0 Å². The Balaban J connectivity index is 1.55. The molecule has 0 radical (unpaired) electrons. The molecule has 1 aliphatic carbocycles. The van der Waals surface area contributed by atoms with Gasteiger partial charge in [-0.2, -0.15) is 0 Å². The first kappa shape index (κ1) is 10.4. The van der Waals surface area contributed by atoms with Gasteiger partial charge in [-0.15, -0.1) is 0 Å². The first-order valence-corrected chi connectivity index (χ1v) is 6.20. The maximum Gasteiger partial charge on any atom is 0.00418 e. The van der Waals surface area contributed by atoms with Gasteiger partial charge >= 0.3 is 0 Å². The molecule has 0 aromatic heterocycles. The zero-order valence-electron chi connectivity index (χ0n) is 9.55. The number of piperidine rings is 1. The van der Waals surface area contributed by atoms with Crippen LogP contribution in [0.4, 0.5) is 0 Å². The molecule has 1 aliphatic heterocycles. The van der Waals surface area contributed by atoms with Gasteiger partial charge in [-0.3, -0.25) is 0 Å². The Labute approximate surface area is 87.8 Å². The molecule has 1 saturated carbocycles. The summed E-state index contributed by atoms with van der Waals surface area (Å²) in [5.74, 6) is 2.91. The smallest absolute Gasteiger partial charge is 0.00418 e. The van der Waals surface area contributed by atoms with E-state index in [0.29, 0.717) is 0 Å². The Morgan fingerprint density at radius 2 is 2.00 bits per heavy atom. The maximum absolute atomic E-state index is 3.64. The van der Waals surface area contributed by atoms with Gasteiger partial charge in [0.1, 0.15) is 0 Å². The highest BCUT2D eigenvalue weighted by Crippen LogP contribution is 2.36. The topological polar surface area (TPSA) is 24.1 Å². The molecule has 0 spiro atoms. The summed E-state index contributed by atoms with van der Waals surface area (Å²) in [6, 6.07) is 0.732. The molecule has 2 nitrogen and oxygen atoms in total. The highest BCUT2D eigenvalue weighted by atomic mass is 14.9. The van der Waals surface area contributed by atoms with Gasteiger partial charge in [-0.05, 0) is 63.6 Å². The minimum Gasteiger partial charge on any atom is -0.316 e. The van der Waals surface area contributed by atoms with E-state index in [-0.39, 0.29) is 0 Å². The second-order valence-electron chi connectivity index (χ2n) is 5.38. The van der Waals surface area contributed by atoms with E-state index in [9.17, 15) is 0 Å². The quantitative estimate of drug-likeness (QED) is 0.714. The van der Waals surface area contributed by atoms with Crippen molar-refractivity contribution in [1.29, 1.82) is 0 Å². The lowest BCUT2D eigenvalue weighted by atomic mass is 9.93. The van der Waals surface area contributed by atoms with E-state index >= 15 is 0 Å². The SMILES string of the molecule is CC1CC(CNCC2CC2C)CCN1. The zero-order chi connectivity index (χ0) is 9.97. The van der Waals surface area contributed by atoms with Gasteiger partial charge in [0.05, 0.1) is 0 Å². The molecule has 2 heteroatoms. The number of hydrogen-bond acceptors (Lipinski definition) is 2. The van der Waals surface area contributed by atoms with Crippen LogP contribution < -0.4 is 10.6 Å². The van der Waals surface area contributed by atoms with Crippen LogP contribution in [0.2, 0.25) is 0 Å². The van der Waals surface area contributed by atoms with Crippen LogP contribution in [-0.2, 0) is 0 Å². The highest BCUT2D eigenvalue weighted by molar-refractivity contribution is 4.85. The highest BCUT2D eigenvalue weighted by Gasteiger charge is 2.31. The Kier molecular flexibility index (Phi) is 3.45. The Bertz CT molecular complexity index is 181. The summed E-state index contributed by atoms with van der Waals surface area (Å²) in [4.78, 5) is 0. The van der Waals surface area contributed by atoms with Crippen LogP contribution in [0.1, 0.15) is 33.1 Å². The van der Waals surface area contributed by atoms with Crippen molar-refractivity contribution in [2.75, 3.05) is 19.6 Å². The molecule has 2 rings (SSSR count). The van der Waals surface area contributed by atoms with E-state index < -0.39 is 0 Å². The minimum absolute atomic E-state index is 0.732. The van der Waals surface area contributed by atoms with E-state index in [4.69, 9.17) is 0 Å². The van der Waals surface area contributed by atoms with Gasteiger partial charge in [0.15, 0.2) is 0 Å². The van der Waals surface area contributed by atoms with Crippen LogP contribution in [0.3, 0.4) is 0 Å². The third-order valence-electron chi connectivity index (χ3n) is 3.85. The average Bonchev–Trinajstić information content (AvgIpc) is 2.82. The molecule has 4 unspecified atom stereocenters. The van der Waals surface area contributed by atoms with E-state index in [1.165, 1.54) is 38.9 Å². The number of hydrogen-bond donors (Lipinski definition) is 2. The molecule has 0 amide bonds. The molecule has 1 heterocycles. The predicted octanol–water partition coefficient (Wildman–Crippen LogP) is 1.62. The molecule has 2 aliphatic rings. The Morgan fingerprint density at radius 1 is 1.21 bits per heavy atom. The zero-order valence-corrected chi connectivity index (χ0v) is 9.55. The fourth-order valence-electron chi connectivity index (χ4n) is 2.58. The summed E-state index contributed by atoms with van der Waals surface area (Å²) >= 11 is 0. The van der Waals surface area contributed by atoms with Crippen LogP contribution >= 0.6 is 0 Å². The fourth-order valence-corrected chi connectivity index (χ4v) is 2.58. The number of rotatable bonds is 4. The van der Waals surface area contributed by atoms with E-state index in [2.05, 4.69) is 24.5 Å². The molecular weight excluding hydrogens is 172 g/mol. The van der Waals surface area contributed by atoms with Crippen LogP contribution in [0, 0.1) is 17.8 Å². The standard InChI is InChI=1S/C12H24N2/c1-9-5-12(9)8-13-7-11-3-4-14-10(2)6-11/h9-14H,3-8H2,1-2H3. The largest absolute Gasteiger partial charge is 0.316 e. The summed E-state index contributed by atoms with van der Waals surface area (Å²) in [5.41, 5.74) is 0. The maximum atomic E-state index is 3.64. The van der Waals surface area contributed by atoms with Gasteiger partial charge in [-0.25, -0.2) is 0 Å². The summed E-state index contributed by atoms with van der Waals surface area (Å²) in [5, 5.41) is 7.14. The molecule has 0 bridgehead atoms. The van der Waals surface area contributed by atoms with Crippen molar-refractivity contribution in [2.45, 2.75) is 39.2 Å². The second-order valence-corrected chi connectivity index (χ2v) is 5.38. The molecule has 2 fully saturated rings. The molecular formula is C12H24N2. The van der Waals surface area contributed by atoms with E-state index in [1.54, 1.807) is 0 Å². The molecule has 2 N–H and O–H groups in total. The van der Waals surface area contributed by atoms with Gasteiger partial charge in [0.2, 0.25) is 0 Å². The fraction of sp³-hybridized carbons (Fsp3) is 1.00. The Morgan fingerprint density at radius 3 is 2.64 bits per heavy atom. The molecule has 1 saturated heterocycles. The van der Waals surface area contributed by atoms with Crippen LogP contribution in [0.15, 0.2) is 0 Å². The van der Waals surface area contributed by atoms with Crippen molar-refractivity contribution in [1.82, 2.24) is 10.6 Å². The monoisotopic (exact) mass is 196 g/mol. The lowest BCUT2D eigenvalue weighted by Crippen LogP contribution is -2.39. The van der Waals surface area contributed by atoms with Crippen molar-refractivity contribution in [2.24, 2.45) is 17.8 Å². The lowest BCUT2D eigenvalue weighted by molar-refractivity contribution is 0.303. The third-order valence-corrected chi connectivity index (χ3v) is 3.85. The Hall–Kier alpha value is -0.0800. The molecule has 0 aromatic carbocycles. The van der Waals surface area contributed by atoms with E-state index in [1.807, 2.05) is 0 Å². The van der Waals surface area contributed by atoms with Crippen molar-refractivity contribution in [3.8, 4) is 0 Å². The first-order valence-electron chi connectivity index (χ1n) is 6.20. The van der Waals surface area contributed by atoms with Crippen molar-refractivity contribution < 1.29 is 0 Å². The van der Waals surface area contributed by atoms with Gasteiger partial charge in [-0.1, -0.05) is 6.92 Å². The molecule has 4 atom stereocenters. The second kappa shape index (κ2) is 4.63. The van der Waals surface area contributed by atoms with E-state index in [0.717, 1.165) is 23.8 Å². The average molecular weight is 196 g/mol. The predicted molar refractivity (Wildman–Crippen MR) is 60.3 cm³/mol. The first-order chi connectivity index (χ1) is 6.75. The molecule has 14 heavy (non-hydrogen) atoms. The van der Waals surface area contributed by atoms with Crippen LogP contribution in [0.25, 0.3) is 0 Å². The van der Waals surface area contributed by atoms with Crippen molar-refractivity contribution >= 4 is 0 Å². The minimum atomic E-state index is 0.732. The summed E-state index contributed by atoms with van der Waals surface area (Å²) in [6.07, 6.45) is 4.17. The number of nitrogens with one attached hydrogen (secondary N) is 2. The normalized spacial score (nSPS) is 42.4. The summed E-state index contributed by atoms with van der Waals surface area (Å²) in [6.45, 7) is 8.39. The molecule has 82 valence electrons. The summed E-state index contributed by atoms with van der Waals surface area (Å²) < 4.78 is 0. The van der Waals surface area contributed by atoms with Crippen LogP contribution in [-0.4, -0.2) is 25.7 Å². The summed E-state index contributed by atoms with van der Waals surface area (Å²) in [7, 11) is 0. The van der Waals surface area contributed by atoms with Gasteiger partial charge < -0.3 is 10.6 Å². The van der Waals surface area contributed by atoms with Crippen molar-refractivity contribution in [3.63, 3.8) is 0 Å².